The van der Waals surface area contributed by atoms with Gasteiger partial charge < -0.3 is 29.4 Å². The van der Waals surface area contributed by atoms with Crippen molar-refractivity contribution in [3.05, 3.63) is 83.6 Å². The molecular weight excluding hydrogens is 546 g/mol. The Bertz CT molecular complexity index is 1490. The van der Waals surface area contributed by atoms with E-state index in [1.807, 2.05) is 30.5 Å². The second kappa shape index (κ2) is 16.4. The number of hydrogen-bond donors (Lipinski definition) is 3. The summed E-state index contributed by atoms with van der Waals surface area (Å²) in [5.41, 5.74) is 6.40. The minimum atomic E-state index is -0.858. The molecule has 8 nitrogen and oxygen atoms in total. The van der Waals surface area contributed by atoms with Gasteiger partial charge in [-0.2, -0.15) is 0 Å². The summed E-state index contributed by atoms with van der Waals surface area (Å²) >= 11 is 0. The van der Waals surface area contributed by atoms with Crippen molar-refractivity contribution in [1.82, 2.24) is 4.98 Å². The maximum absolute atomic E-state index is 11.2. The molecule has 0 spiro atoms. The molecule has 0 aliphatic heterocycles. The van der Waals surface area contributed by atoms with Gasteiger partial charge >= 0.3 is 11.9 Å². The number of nitrogens with one attached hydrogen (secondary N) is 1. The molecule has 1 aromatic heterocycles. The smallest absolute Gasteiger partial charge is 0.303 e. The van der Waals surface area contributed by atoms with Gasteiger partial charge in [-0.25, -0.2) is 0 Å². The van der Waals surface area contributed by atoms with E-state index in [9.17, 15) is 14.7 Å². The minimum absolute atomic E-state index is 0.0217. The molecule has 0 saturated heterocycles. The number of hydrogen-bond acceptors (Lipinski definition) is 5. The molecule has 4 aromatic rings. The van der Waals surface area contributed by atoms with Gasteiger partial charge in [-0.15, -0.1) is 0 Å². The molecule has 0 saturated carbocycles. The quantitative estimate of drug-likeness (QED) is 0.0977. The molecule has 0 amide bonds. The fourth-order valence-corrected chi connectivity index (χ4v) is 5.26. The number of aliphatic carboxylic acids is 2. The number of aromatic amines is 1. The van der Waals surface area contributed by atoms with Crippen molar-refractivity contribution in [3.63, 3.8) is 0 Å². The number of fused-ring (bicyclic) bond motifs is 1. The first-order valence-corrected chi connectivity index (χ1v) is 14.9. The standard InChI is InChI=1S/C35H41NO7/c1-41-24-25-20-29(27-12-14-32-28(22-27)16-17-36-32)23-30(21-25)42-18-5-3-2-4-8-26-9-6-10-33(31(26)13-15-35(39)40)43-19-7-11-34(37)38/h6,9-10,12,14,16-17,20-23,36H,2-5,7-8,11,13,15,18-19,24H2,1H3,(H,37,38)(H,39,40). The zero-order chi connectivity index (χ0) is 30.4. The molecule has 43 heavy (non-hydrogen) atoms. The van der Waals surface area contributed by atoms with E-state index in [0.29, 0.717) is 31.8 Å². The number of carboxylic acid groups (broad SMARTS) is 2. The molecule has 0 aliphatic carbocycles. The fourth-order valence-electron chi connectivity index (χ4n) is 5.26. The van der Waals surface area contributed by atoms with Gasteiger partial charge in [0.15, 0.2) is 0 Å². The van der Waals surface area contributed by atoms with Gasteiger partial charge in [-0.3, -0.25) is 9.59 Å². The zero-order valence-electron chi connectivity index (χ0n) is 24.8. The van der Waals surface area contributed by atoms with Gasteiger partial charge in [0.1, 0.15) is 11.5 Å². The van der Waals surface area contributed by atoms with Gasteiger partial charge in [-0.05, 0) is 108 Å². The molecule has 0 aliphatic rings. The van der Waals surface area contributed by atoms with Crippen molar-refractivity contribution in [2.24, 2.45) is 0 Å². The predicted octanol–water partition coefficient (Wildman–Crippen LogP) is 7.42. The molecule has 0 fully saturated rings. The molecule has 3 aromatic carbocycles. The van der Waals surface area contributed by atoms with Gasteiger partial charge in [0.05, 0.1) is 19.8 Å². The van der Waals surface area contributed by atoms with Crippen LogP contribution < -0.4 is 9.47 Å². The topological polar surface area (TPSA) is 118 Å². The molecule has 0 unspecified atom stereocenters. The number of aryl methyl sites for hydroxylation is 1. The first-order valence-electron chi connectivity index (χ1n) is 14.9. The van der Waals surface area contributed by atoms with E-state index in [2.05, 4.69) is 41.4 Å². The number of rotatable bonds is 19. The summed E-state index contributed by atoms with van der Waals surface area (Å²) in [7, 11) is 1.69. The van der Waals surface area contributed by atoms with Crippen LogP contribution >= 0.6 is 0 Å². The van der Waals surface area contributed by atoms with E-state index in [0.717, 1.165) is 71.2 Å². The SMILES string of the molecule is COCc1cc(OCCCCCCc2cccc(OCCCC(=O)O)c2CCC(=O)O)cc(-c2ccc3[nH]ccc3c2)c1. The third-order valence-corrected chi connectivity index (χ3v) is 7.38. The van der Waals surface area contributed by atoms with Crippen molar-refractivity contribution in [2.45, 2.75) is 64.4 Å². The Morgan fingerprint density at radius 3 is 2.40 bits per heavy atom. The van der Waals surface area contributed by atoms with E-state index < -0.39 is 11.9 Å². The molecule has 228 valence electrons. The minimum Gasteiger partial charge on any atom is -0.494 e. The van der Waals surface area contributed by atoms with Crippen LogP contribution in [0.25, 0.3) is 22.0 Å². The molecule has 1 heterocycles. The van der Waals surface area contributed by atoms with Crippen LogP contribution in [0.5, 0.6) is 11.5 Å². The lowest BCUT2D eigenvalue weighted by molar-refractivity contribution is -0.138. The van der Waals surface area contributed by atoms with E-state index in [1.165, 1.54) is 5.39 Å². The lowest BCUT2D eigenvalue weighted by Crippen LogP contribution is -2.07. The van der Waals surface area contributed by atoms with Crippen molar-refractivity contribution in [1.29, 1.82) is 0 Å². The maximum atomic E-state index is 11.2. The van der Waals surface area contributed by atoms with Gasteiger partial charge in [0.25, 0.3) is 0 Å². The van der Waals surface area contributed by atoms with Gasteiger partial charge in [0.2, 0.25) is 0 Å². The number of methoxy groups -OCH3 is 1. The Labute approximate surface area is 252 Å². The highest BCUT2D eigenvalue weighted by atomic mass is 16.5. The van der Waals surface area contributed by atoms with E-state index in [4.69, 9.17) is 19.3 Å². The second-order valence-corrected chi connectivity index (χ2v) is 10.7. The number of unbranched alkanes of at least 4 members (excludes halogenated alkanes) is 3. The molecule has 3 N–H and O–H groups in total. The highest BCUT2D eigenvalue weighted by Gasteiger charge is 2.12. The first-order chi connectivity index (χ1) is 20.9. The first kappa shape index (κ1) is 31.6. The average molecular weight is 588 g/mol. The number of H-pyrrole nitrogens is 1. The second-order valence-electron chi connectivity index (χ2n) is 10.7. The van der Waals surface area contributed by atoms with Crippen molar-refractivity contribution in [3.8, 4) is 22.6 Å². The zero-order valence-corrected chi connectivity index (χ0v) is 24.8. The summed E-state index contributed by atoms with van der Waals surface area (Å²) in [6, 6.07) is 20.5. The summed E-state index contributed by atoms with van der Waals surface area (Å²) in [6.45, 7) is 1.42. The lowest BCUT2D eigenvalue weighted by atomic mass is 9.97. The Balaban J connectivity index is 1.27. The molecule has 0 atom stereocenters. The van der Waals surface area contributed by atoms with Crippen molar-refractivity contribution in [2.75, 3.05) is 20.3 Å². The fraction of sp³-hybridized carbons (Fsp3) is 0.371. The van der Waals surface area contributed by atoms with Crippen LogP contribution in [0.1, 0.15) is 61.6 Å². The Morgan fingerprint density at radius 2 is 1.58 bits per heavy atom. The number of carboxylic acids is 2. The maximum Gasteiger partial charge on any atom is 0.303 e. The van der Waals surface area contributed by atoms with Crippen LogP contribution in [-0.4, -0.2) is 47.5 Å². The van der Waals surface area contributed by atoms with E-state index >= 15 is 0 Å². The van der Waals surface area contributed by atoms with Crippen LogP contribution in [0.4, 0.5) is 0 Å². The molecule has 0 radical (unpaired) electrons. The lowest BCUT2D eigenvalue weighted by Gasteiger charge is -2.15. The number of benzene rings is 3. The van der Waals surface area contributed by atoms with E-state index in [1.54, 1.807) is 7.11 Å². The number of ether oxygens (including phenoxy) is 3. The normalized spacial score (nSPS) is 11.1. The number of carbonyl (C=O) groups is 2. The Kier molecular flexibility index (Phi) is 12.0. The van der Waals surface area contributed by atoms with Crippen molar-refractivity contribution < 1.29 is 34.0 Å². The van der Waals surface area contributed by atoms with Crippen LogP contribution in [0.15, 0.2) is 66.9 Å². The van der Waals surface area contributed by atoms with Crippen LogP contribution in [0, 0.1) is 0 Å². The van der Waals surface area contributed by atoms with Crippen molar-refractivity contribution >= 4 is 22.8 Å². The third-order valence-electron chi connectivity index (χ3n) is 7.38. The summed E-state index contributed by atoms with van der Waals surface area (Å²) in [5, 5.41) is 19.3. The van der Waals surface area contributed by atoms with Crippen LogP contribution in [0.2, 0.25) is 0 Å². The van der Waals surface area contributed by atoms with E-state index in [-0.39, 0.29) is 19.4 Å². The van der Waals surface area contributed by atoms with Gasteiger partial charge in [-0.1, -0.05) is 31.0 Å². The predicted molar refractivity (Wildman–Crippen MR) is 167 cm³/mol. The summed E-state index contributed by atoms with van der Waals surface area (Å²) in [6.07, 6.45) is 7.57. The summed E-state index contributed by atoms with van der Waals surface area (Å²) < 4.78 is 17.4. The monoisotopic (exact) mass is 587 g/mol. The molecule has 4 rings (SSSR count). The third kappa shape index (κ3) is 9.89. The highest BCUT2D eigenvalue weighted by molar-refractivity contribution is 5.85. The van der Waals surface area contributed by atoms with Gasteiger partial charge in [0, 0.05) is 31.7 Å². The average Bonchev–Trinajstić information content (AvgIpc) is 3.46. The molecule has 0 bridgehead atoms. The van der Waals surface area contributed by atoms with Crippen LogP contribution in [0.3, 0.4) is 0 Å². The number of aromatic nitrogens is 1. The summed E-state index contributed by atoms with van der Waals surface area (Å²) in [5.74, 6) is -0.223. The largest absolute Gasteiger partial charge is 0.494 e. The Morgan fingerprint density at radius 1 is 0.767 bits per heavy atom. The highest BCUT2D eigenvalue weighted by Crippen LogP contribution is 2.30. The van der Waals surface area contributed by atoms with Crippen LogP contribution in [-0.2, 0) is 33.8 Å². The molecular formula is C35H41NO7. The summed E-state index contributed by atoms with van der Waals surface area (Å²) in [4.78, 5) is 25.3. The molecule has 8 heteroatoms. The Hall–Kier alpha value is -4.30.